The highest BCUT2D eigenvalue weighted by Crippen LogP contribution is 2.20. The topological polar surface area (TPSA) is 77.3 Å². The van der Waals surface area contributed by atoms with Gasteiger partial charge in [-0.25, -0.2) is 0 Å². The quantitative estimate of drug-likeness (QED) is 0.206. The molecule has 18 heavy (non-hydrogen) atoms. The van der Waals surface area contributed by atoms with Crippen LogP contribution in [-0.4, -0.2) is 16.5 Å². The number of allylic oxidation sites excluding steroid dienone is 2. The van der Waals surface area contributed by atoms with Crippen molar-refractivity contribution < 1.29 is 18.9 Å². The number of halogens is 1. The third-order valence-electron chi connectivity index (χ3n) is 2.32. The van der Waals surface area contributed by atoms with Crippen molar-refractivity contribution in [1.29, 1.82) is 0 Å². The summed E-state index contributed by atoms with van der Waals surface area (Å²) >= 11 is 0. The van der Waals surface area contributed by atoms with Gasteiger partial charge in [0.05, 0.1) is 10.5 Å². The van der Waals surface area contributed by atoms with Crippen molar-refractivity contribution >= 4 is 17.3 Å². The van der Waals surface area contributed by atoms with Crippen molar-refractivity contribution in [3.05, 3.63) is 51.3 Å². The average Bonchev–Trinajstić information content (AvgIpc) is 2.28. The van der Waals surface area contributed by atoms with Crippen LogP contribution in [0, 0.1) is 15.9 Å². The molecule has 1 aromatic carbocycles. The molecule has 0 atom stereocenters. The van der Waals surface area contributed by atoms with E-state index < -0.39 is 28.0 Å². The minimum Gasteiger partial charge on any atom is -0.294 e. The molecule has 6 heteroatoms. The van der Waals surface area contributed by atoms with Gasteiger partial charge in [0.25, 0.3) is 0 Å². The number of hydrogen-bond acceptors (Lipinski definition) is 4. The summed E-state index contributed by atoms with van der Waals surface area (Å²) in [7, 11) is 0. The van der Waals surface area contributed by atoms with Crippen LogP contribution in [0.4, 0.5) is 10.1 Å². The van der Waals surface area contributed by atoms with Crippen LogP contribution in [0.5, 0.6) is 0 Å². The highest BCUT2D eigenvalue weighted by molar-refractivity contribution is 6.25. The predicted octanol–water partition coefficient (Wildman–Crippen LogP) is 2.45. The largest absolute Gasteiger partial charge is 0.304 e. The van der Waals surface area contributed by atoms with Gasteiger partial charge in [0.15, 0.2) is 11.6 Å². The fraction of sp³-hybridized carbons (Fsp3) is 0.167. The van der Waals surface area contributed by atoms with E-state index in [1.807, 2.05) is 0 Å². The molecule has 0 amide bonds. The van der Waals surface area contributed by atoms with Gasteiger partial charge in [0.2, 0.25) is 5.82 Å². The first-order valence-corrected chi connectivity index (χ1v) is 5.04. The molecule has 0 bridgehead atoms. The standard InChI is InChI=1S/C12H10FNO4/c1-3-9(7(2)15)12(16)8-4-5-11(14(17)18)10(13)6-8/h3-6H,1-2H3/b9-3+. The molecule has 0 heterocycles. The molecular weight excluding hydrogens is 241 g/mol. The van der Waals surface area contributed by atoms with E-state index in [4.69, 9.17) is 0 Å². The van der Waals surface area contributed by atoms with Crippen LogP contribution in [0.15, 0.2) is 29.8 Å². The number of hydrogen-bond donors (Lipinski definition) is 0. The van der Waals surface area contributed by atoms with E-state index in [2.05, 4.69) is 0 Å². The Morgan fingerprint density at radius 2 is 2.00 bits per heavy atom. The lowest BCUT2D eigenvalue weighted by molar-refractivity contribution is -0.387. The van der Waals surface area contributed by atoms with Crippen molar-refractivity contribution in [2.45, 2.75) is 13.8 Å². The van der Waals surface area contributed by atoms with E-state index in [-0.39, 0.29) is 11.1 Å². The minimum absolute atomic E-state index is 0.0803. The summed E-state index contributed by atoms with van der Waals surface area (Å²) in [5.41, 5.74) is -0.888. The Kier molecular flexibility index (Phi) is 4.04. The summed E-state index contributed by atoms with van der Waals surface area (Å²) in [6, 6.07) is 2.78. The molecule has 0 saturated carbocycles. The summed E-state index contributed by atoms with van der Waals surface area (Å²) in [4.78, 5) is 32.5. The van der Waals surface area contributed by atoms with Crippen molar-refractivity contribution in [3.63, 3.8) is 0 Å². The van der Waals surface area contributed by atoms with Gasteiger partial charge < -0.3 is 0 Å². The first-order chi connectivity index (χ1) is 8.38. The molecule has 0 aliphatic carbocycles. The first-order valence-electron chi connectivity index (χ1n) is 5.04. The molecule has 5 nitrogen and oxygen atoms in total. The van der Waals surface area contributed by atoms with Gasteiger partial charge in [-0.3, -0.25) is 19.7 Å². The van der Waals surface area contributed by atoms with E-state index >= 15 is 0 Å². The van der Waals surface area contributed by atoms with Crippen LogP contribution in [-0.2, 0) is 4.79 Å². The number of Topliss-reactive ketones (excluding diaryl/α,β-unsaturated/α-hetero) is 2. The number of carbonyl (C=O) groups is 2. The van der Waals surface area contributed by atoms with Crippen LogP contribution >= 0.6 is 0 Å². The third-order valence-corrected chi connectivity index (χ3v) is 2.32. The minimum atomic E-state index is -1.11. The van der Waals surface area contributed by atoms with Crippen LogP contribution in [0.3, 0.4) is 0 Å². The fourth-order valence-electron chi connectivity index (χ4n) is 1.45. The second-order valence-corrected chi connectivity index (χ2v) is 3.51. The number of carbonyl (C=O) groups excluding carboxylic acids is 2. The van der Waals surface area contributed by atoms with Crippen molar-refractivity contribution in [2.75, 3.05) is 0 Å². The Morgan fingerprint density at radius 3 is 2.39 bits per heavy atom. The van der Waals surface area contributed by atoms with E-state index in [9.17, 15) is 24.1 Å². The number of nitro groups is 1. The SMILES string of the molecule is C/C=C(\C(C)=O)C(=O)c1ccc([N+](=O)[O-])c(F)c1. The Morgan fingerprint density at radius 1 is 1.39 bits per heavy atom. The first kappa shape index (κ1) is 13.7. The van der Waals surface area contributed by atoms with Crippen LogP contribution in [0.1, 0.15) is 24.2 Å². The predicted molar refractivity (Wildman–Crippen MR) is 61.8 cm³/mol. The van der Waals surface area contributed by atoms with Gasteiger partial charge in [-0.05, 0) is 26.0 Å². The summed E-state index contributed by atoms with van der Waals surface area (Å²) in [6.45, 7) is 2.73. The highest BCUT2D eigenvalue weighted by atomic mass is 19.1. The molecule has 0 aliphatic rings. The van der Waals surface area contributed by atoms with E-state index in [0.717, 1.165) is 18.2 Å². The maximum Gasteiger partial charge on any atom is 0.304 e. The van der Waals surface area contributed by atoms with E-state index in [1.54, 1.807) is 0 Å². The maximum absolute atomic E-state index is 13.3. The van der Waals surface area contributed by atoms with E-state index in [1.165, 1.54) is 19.9 Å². The lowest BCUT2D eigenvalue weighted by Crippen LogP contribution is -2.10. The number of nitrogens with zero attached hydrogens (tertiary/aromatic N) is 1. The van der Waals surface area contributed by atoms with Crippen LogP contribution in [0.25, 0.3) is 0 Å². The second kappa shape index (κ2) is 5.31. The number of rotatable bonds is 4. The molecule has 0 spiro atoms. The monoisotopic (exact) mass is 251 g/mol. The lowest BCUT2D eigenvalue weighted by atomic mass is 10.00. The lowest BCUT2D eigenvalue weighted by Gasteiger charge is -2.02. The van der Waals surface area contributed by atoms with Gasteiger partial charge in [-0.2, -0.15) is 4.39 Å². The van der Waals surface area contributed by atoms with Gasteiger partial charge >= 0.3 is 5.69 Å². The molecule has 0 unspecified atom stereocenters. The normalized spacial score (nSPS) is 11.2. The smallest absolute Gasteiger partial charge is 0.294 e. The Hall–Kier alpha value is -2.37. The third kappa shape index (κ3) is 2.65. The highest BCUT2D eigenvalue weighted by Gasteiger charge is 2.20. The molecule has 1 aromatic rings. The summed E-state index contributed by atoms with van der Waals surface area (Å²) < 4.78 is 13.3. The molecule has 0 fully saturated rings. The number of ketones is 2. The van der Waals surface area contributed by atoms with Gasteiger partial charge in [-0.1, -0.05) is 6.08 Å². The number of nitro benzene ring substituents is 1. The Balaban J connectivity index is 3.20. The molecule has 94 valence electrons. The van der Waals surface area contributed by atoms with Gasteiger partial charge in [0.1, 0.15) is 0 Å². The Bertz CT molecular complexity index is 563. The molecular formula is C12H10FNO4. The Labute approximate surface area is 102 Å². The zero-order chi connectivity index (χ0) is 13.9. The summed E-state index contributed by atoms with van der Waals surface area (Å²) in [5.74, 6) is -2.20. The molecule has 0 aromatic heterocycles. The van der Waals surface area contributed by atoms with Gasteiger partial charge in [0, 0.05) is 11.6 Å². The fourth-order valence-corrected chi connectivity index (χ4v) is 1.45. The summed E-state index contributed by atoms with van der Waals surface area (Å²) in [6.07, 6.45) is 1.32. The van der Waals surface area contributed by atoms with Crippen molar-refractivity contribution in [3.8, 4) is 0 Å². The second-order valence-electron chi connectivity index (χ2n) is 3.51. The molecule has 0 radical (unpaired) electrons. The molecule has 0 saturated heterocycles. The maximum atomic E-state index is 13.3. The van der Waals surface area contributed by atoms with Crippen LogP contribution in [0.2, 0.25) is 0 Å². The summed E-state index contributed by atoms with van der Waals surface area (Å²) in [5, 5.41) is 10.4. The zero-order valence-electron chi connectivity index (χ0n) is 9.77. The number of benzene rings is 1. The zero-order valence-corrected chi connectivity index (χ0v) is 9.77. The average molecular weight is 251 g/mol. The molecule has 0 N–H and O–H groups in total. The molecule has 1 rings (SSSR count). The molecule has 0 aliphatic heterocycles. The van der Waals surface area contributed by atoms with Gasteiger partial charge in [-0.15, -0.1) is 0 Å². The van der Waals surface area contributed by atoms with Crippen molar-refractivity contribution in [2.24, 2.45) is 0 Å². The van der Waals surface area contributed by atoms with Crippen LogP contribution < -0.4 is 0 Å². The van der Waals surface area contributed by atoms with E-state index in [0.29, 0.717) is 0 Å². The van der Waals surface area contributed by atoms with Crippen molar-refractivity contribution in [1.82, 2.24) is 0 Å².